The normalized spacial score (nSPS) is 15.3. The van der Waals surface area contributed by atoms with E-state index in [0.29, 0.717) is 3.63 Å². The minimum Gasteiger partial charge on any atom is -1.00 e. The van der Waals surface area contributed by atoms with Crippen LogP contribution < -0.4 is 35.2 Å². The van der Waals surface area contributed by atoms with Crippen molar-refractivity contribution in [2.24, 2.45) is 0 Å². The topological polar surface area (TPSA) is 0 Å². The zero-order chi connectivity index (χ0) is 42.0. The van der Waals surface area contributed by atoms with Gasteiger partial charge in [0.2, 0.25) is 0 Å². The largest absolute Gasteiger partial charge is 1.00 e. The molecule has 4 heteroatoms. The van der Waals surface area contributed by atoms with E-state index in [-0.39, 0.29) is 41.6 Å². The average molecular weight is 955 g/mol. The molecule has 2 aliphatic carbocycles. The third-order valence-electron chi connectivity index (χ3n) is 13.5. The summed E-state index contributed by atoms with van der Waals surface area (Å²) in [5.74, 6) is -1.33. The van der Waals surface area contributed by atoms with Crippen molar-refractivity contribution in [3.8, 4) is 22.3 Å². The molecule has 314 valence electrons. The van der Waals surface area contributed by atoms with Crippen LogP contribution >= 0.6 is 0 Å². The zero-order valence-corrected chi connectivity index (χ0v) is 42.7. The summed E-state index contributed by atoms with van der Waals surface area (Å²) in [6, 6.07) is 63.7. The van der Waals surface area contributed by atoms with Gasteiger partial charge in [-0.1, -0.05) is 0 Å². The van der Waals surface area contributed by atoms with Gasteiger partial charge in [-0.25, -0.2) is 0 Å². The second-order valence-electron chi connectivity index (χ2n) is 19.5. The van der Waals surface area contributed by atoms with Gasteiger partial charge in [-0.2, -0.15) is 0 Å². The van der Waals surface area contributed by atoms with Crippen LogP contribution in [0, 0.1) is 0 Å². The van der Waals surface area contributed by atoms with E-state index in [4.69, 9.17) is 0 Å². The maximum Gasteiger partial charge on any atom is -1.00 e. The van der Waals surface area contributed by atoms with Crippen molar-refractivity contribution in [3.63, 3.8) is 0 Å². The minimum atomic E-state index is -1.53. The van der Waals surface area contributed by atoms with Gasteiger partial charge >= 0.3 is 379 Å². The van der Waals surface area contributed by atoms with Crippen LogP contribution in [0.25, 0.3) is 49.9 Å². The SMILES string of the molecule is CCCC1=Cc2c(-c3c4ccccc4cc4ccccc34)cccc2C1c1c(C(C)(C)C)ccc2c1[CH]([Zr+2][SiH](c1ccccc1)c1ccccc1)c1cc(C(C)(C)C)ccc1-2.[Cl-].[Cl-]. The summed E-state index contributed by atoms with van der Waals surface area (Å²) in [5, 5.41) is 8.45. The minimum absolute atomic E-state index is 0. The molecule has 0 amide bonds. The molecule has 0 nitrogen and oxygen atoms in total. The first-order valence-corrected chi connectivity index (χ1v) is 29.8. The number of fused-ring (bicyclic) bond motifs is 6. The Kier molecular flexibility index (Phi) is 12.9. The van der Waals surface area contributed by atoms with Gasteiger partial charge < -0.3 is 24.8 Å². The number of rotatable bonds is 8. The Morgan fingerprint density at radius 1 is 0.524 bits per heavy atom. The number of halogens is 2. The van der Waals surface area contributed by atoms with Crippen LogP contribution in [-0.4, -0.2) is 5.92 Å². The van der Waals surface area contributed by atoms with Crippen LogP contribution in [0.15, 0.2) is 169 Å². The molecule has 0 aliphatic heterocycles. The zero-order valence-electron chi connectivity index (χ0n) is 37.6. The summed E-state index contributed by atoms with van der Waals surface area (Å²) < 4.78 is 0.447. The molecular formula is C59H56Cl2SiZr. The molecule has 0 bridgehead atoms. The van der Waals surface area contributed by atoms with E-state index in [2.05, 4.69) is 218 Å². The Balaban J connectivity index is 0.00000272. The van der Waals surface area contributed by atoms with Crippen LogP contribution in [0.2, 0.25) is 0 Å². The Morgan fingerprint density at radius 2 is 1.11 bits per heavy atom. The van der Waals surface area contributed by atoms with E-state index in [9.17, 15) is 0 Å². The summed E-state index contributed by atoms with van der Waals surface area (Å²) in [6.07, 6.45) is 4.84. The fourth-order valence-electron chi connectivity index (χ4n) is 10.7. The molecule has 2 aliphatic rings. The van der Waals surface area contributed by atoms with Crippen LogP contribution in [-0.2, 0) is 33.2 Å². The summed E-state index contributed by atoms with van der Waals surface area (Å²) >= 11 is -1.19. The Morgan fingerprint density at radius 3 is 1.70 bits per heavy atom. The van der Waals surface area contributed by atoms with Gasteiger partial charge in [-0.15, -0.1) is 0 Å². The predicted octanol–water partition coefficient (Wildman–Crippen LogP) is 8.28. The molecular weight excluding hydrogens is 899 g/mol. The molecule has 63 heavy (non-hydrogen) atoms. The summed E-state index contributed by atoms with van der Waals surface area (Å²) in [5.41, 5.74) is 18.0. The predicted molar refractivity (Wildman–Crippen MR) is 262 cm³/mol. The molecule has 10 rings (SSSR count). The van der Waals surface area contributed by atoms with E-state index in [1.807, 2.05) is 0 Å². The van der Waals surface area contributed by atoms with Crippen molar-refractivity contribution in [3.05, 3.63) is 208 Å². The van der Waals surface area contributed by atoms with Crippen molar-refractivity contribution in [2.75, 3.05) is 0 Å². The Labute approximate surface area is 400 Å². The molecule has 0 saturated heterocycles. The fraction of sp³-hybridized carbons (Fsp3) is 0.220. The molecule has 2 unspecified atom stereocenters. The smallest absolute Gasteiger partial charge is 1.00 e. The quantitative estimate of drug-likeness (QED) is 0.106. The molecule has 0 N–H and O–H groups in total. The molecule has 8 aromatic carbocycles. The molecule has 0 saturated carbocycles. The second-order valence-corrected chi connectivity index (χ2v) is 30.2. The third-order valence-corrected chi connectivity index (χ3v) is 27.6. The Hall–Kier alpha value is -4.30. The number of hydrogen-bond donors (Lipinski definition) is 0. The summed E-state index contributed by atoms with van der Waals surface area (Å²) in [4.78, 5) is 0. The van der Waals surface area contributed by atoms with Crippen molar-refractivity contribution in [2.45, 2.75) is 81.7 Å². The van der Waals surface area contributed by atoms with Crippen LogP contribution in [0.1, 0.15) is 110 Å². The van der Waals surface area contributed by atoms with E-state index in [0.717, 1.165) is 12.8 Å². The first-order valence-electron chi connectivity index (χ1n) is 22.4. The van der Waals surface area contributed by atoms with E-state index in [1.54, 1.807) is 32.6 Å². The van der Waals surface area contributed by atoms with Crippen LogP contribution in [0.3, 0.4) is 0 Å². The molecule has 0 heterocycles. The van der Waals surface area contributed by atoms with Gasteiger partial charge in [0, 0.05) is 0 Å². The van der Waals surface area contributed by atoms with Crippen molar-refractivity contribution in [1.29, 1.82) is 0 Å². The molecule has 0 fully saturated rings. The maximum atomic E-state index is 2.65. The molecule has 2 atom stereocenters. The molecule has 0 aromatic heterocycles. The van der Waals surface area contributed by atoms with E-state index < -0.39 is 28.3 Å². The van der Waals surface area contributed by atoms with E-state index >= 15 is 0 Å². The van der Waals surface area contributed by atoms with Gasteiger partial charge in [0.05, 0.1) is 0 Å². The summed E-state index contributed by atoms with van der Waals surface area (Å²) in [6.45, 7) is 16.9. The monoisotopic (exact) mass is 952 g/mol. The van der Waals surface area contributed by atoms with Crippen LogP contribution in [0.4, 0.5) is 0 Å². The van der Waals surface area contributed by atoms with Crippen molar-refractivity contribution >= 4 is 43.9 Å². The molecule has 0 spiro atoms. The fourth-order valence-corrected chi connectivity index (χ4v) is 25.4. The second kappa shape index (κ2) is 17.9. The maximum absolute atomic E-state index is 2.65. The van der Waals surface area contributed by atoms with Crippen LogP contribution in [0.5, 0.6) is 0 Å². The molecule has 8 aromatic rings. The molecule has 0 radical (unpaired) electrons. The van der Waals surface area contributed by atoms with Gasteiger partial charge in [-0.05, 0) is 0 Å². The number of benzene rings is 8. The van der Waals surface area contributed by atoms with Gasteiger partial charge in [0.25, 0.3) is 0 Å². The number of allylic oxidation sites excluding steroid dienone is 1. The third kappa shape index (κ3) is 8.10. The standard InChI is InChI=1S/C47H45.C12H11Si.2ClH.Zr/c1-8-14-31-27-40-38(19-13-20-39(40)44-35-17-11-9-15-29(35)25-30-16-10-12-18-36(30)44)43(31)45-41-28-32-26-33(46(2,3)4)21-22-34(32)37(41)23-24-42(45)47(5,6)7;1-3-7-11(8-4-1)13-12-9-5-2-6-10-12;;;/h9-13,15-28,43H,8,14H2,1-7H3;1-10,13H;2*1H;/q;;;;+2/p-2. The van der Waals surface area contributed by atoms with Crippen molar-refractivity contribution < 1.29 is 47.2 Å². The van der Waals surface area contributed by atoms with Gasteiger partial charge in [-0.3, -0.25) is 0 Å². The first-order chi connectivity index (χ1) is 29.5. The first kappa shape index (κ1) is 45.3. The average Bonchev–Trinajstić information content (AvgIpc) is 3.79. The van der Waals surface area contributed by atoms with Crippen molar-refractivity contribution in [1.82, 2.24) is 0 Å². The number of hydrogen-bond acceptors (Lipinski definition) is 0. The van der Waals surface area contributed by atoms with E-state index in [1.165, 1.54) is 66.1 Å². The Bertz CT molecular complexity index is 2900. The van der Waals surface area contributed by atoms with Gasteiger partial charge in [0.1, 0.15) is 0 Å². The van der Waals surface area contributed by atoms with Gasteiger partial charge in [0.15, 0.2) is 0 Å². The summed E-state index contributed by atoms with van der Waals surface area (Å²) in [7, 11) is 0.